The SMILES string of the molecule is N#Cc1ccc(CO[PH](=O)OCc2ccc(C#N)cc2)cc1. The average molecular weight is 312 g/mol. The molecular weight excluding hydrogens is 299 g/mol. The van der Waals surface area contributed by atoms with Gasteiger partial charge in [0.25, 0.3) is 0 Å². The summed E-state index contributed by atoms with van der Waals surface area (Å²) >= 11 is 0. The van der Waals surface area contributed by atoms with Crippen molar-refractivity contribution in [1.29, 1.82) is 10.5 Å². The second kappa shape index (κ2) is 8.12. The fourth-order valence-electron chi connectivity index (χ4n) is 1.68. The molecule has 0 N–H and O–H groups in total. The molecule has 0 unspecified atom stereocenters. The molecule has 0 aromatic heterocycles. The number of benzene rings is 2. The van der Waals surface area contributed by atoms with Crippen LogP contribution in [0.15, 0.2) is 48.5 Å². The van der Waals surface area contributed by atoms with E-state index in [1.165, 1.54) is 0 Å². The van der Waals surface area contributed by atoms with Crippen molar-refractivity contribution in [3.05, 3.63) is 70.8 Å². The molecule has 2 aromatic carbocycles. The van der Waals surface area contributed by atoms with Gasteiger partial charge in [-0.3, -0.25) is 4.57 Å². The van der Waals surface area contributed by atoms with Crippen LogP contribution in [0.2, 0.25) is 0 Å². The Morgan fingerprint density at radius 1 is 0.773 bits per heavy atom. The van der Waals surface area contributed by atoms with Crippen LogP contribution in [0, 0.1) is 22.7 Å². The summed E-state index contributed by atoms with van der Waals surface area (Å²) in [5.74, 6) is 0. The van der Waals surface area contributed by atoms with Crippen molar-refractivity contribution < 1.29 is 13.6 Å². The molecular formula is C16H13N2O3P. The Morgan fingerprint density at radius 3 is 1.45 bits per heavy atom. The first kappa shape index (κ1) is 15.9. The van der Waals surface area contributed by atoms with Crippen molar-refractivity contribution in [3.8, 4) is 12.1 Å². The molecule has 22 heavy (non-hydrogen) atoms. The molecule has 0 spiro atoms. The van der Waals surface area contributed by atoms with Gasteiger partial charge in [-0.05, 0) is 35.4 Å². The number of rotatable bonds is 6. The minimum atomic E-state index is -2.60. The Balaban J connectivity index is 1.77. The van der Waals surface area contributed by atoms with E-state index in [1.807, 2.05) is 12.1 Å². The molecule has 0 aliphatic carbocycles. The van der Waals surface area contributed by atoms with Crippen LogP contribution < -0.4 is 0 Å². The van der Waals surface area contributed by atoms with Gasteiger partial charge in [0.1, 0.15) is 0 Å². The standard InChI is InChI=1S/C16H13N2O3P/c17-9-13-1-5-15(6-2-13)11-20-22(19)21-12-16-7-3-14(10-18)4-8-16/h1-8,22H,11-12H2. The minimum absolute atomic E-state index is 0.164. The van der Waals surface area contributed by atoms with Gasteiger partial charge in [-0.15, -0.1) is 0 Å². The minimum Gasteiger partial charge on any atom is -0.306 e. The predicted octanol–water partition coefficient (Wildman–Crippen LogP) is 3.55. The summed E-state index contributed by atoms with van der Waals surface area (Å²) in [5, 5.41) is 17.4. The molecule has 6 heteroatoms. The van der Waals surface area contributed by atoms with Gasteiger partial charge in [0.05, 0.1) is 36.5 Å². The zero-order valence-electron chi connectivity index (χ0n) is 11.7. The van der Waals surface area contributed by atoms with E-state index in [2.05, 4.69) is 0 Å². The second-order valence-electron chi connectivity index (χ2n) is 4.44. The van der Waals surface area contributed by atoms with Crippen LogP contribution in [-0.2, 0) is 26.8 Å². The third-order valence-corrected chi connectivity index (χ3v) is 3.64. The normalized spacial score (nSPS) is 10.1. The van der Waals surface area contributed by atoms with E-state index in [0.29, 0.717) is 11.1 Å². The molecule has 2 rings (SSSR count). The van der Waals surface area contributed by atoms with Gasteiger partial charge in [-0.2, -0.15) is 10.5 Å². The van der Waals surface area contributed by atoms with Gasteiger partial charge in [0.15, 0.2) is 0 Å². The fraction of sp³-hybridized carbons (Fsp3) is 0.125. The van der Waals surface area contributed by atoms with Crippen LogP contribution in [-0.4, -0.2) is 0 Å². The molecule has 0 atom stereocenters. The second-order valence-corrected chi connectivity index (χ2v) is 5.52. The molecule has 0 bridgehead atoms. The lowest BCUT2D eigenvalue weighted by Crippen LogP contribution is -1.90. The molecule has 0 heterocycles. The van der Waals surface area contributed by atoms with Crippen molar-refractivity contribution >= 4 is 8.25 Å². The topological polar surface area (TPSA) is 83.1 Å². The molecule has 5 nitrogen and oxygen atoms in total. The first-order valence-corrected chi connectivity index (χ1v) is 7.71. The van der Waals surface area contributed by atoms with Crippen LogP contribution in [0.4, 0.5) is 0 Å². The Morgan fingerprint density at radius 2 is 1.14 bits per heavy atom. The lowest BCUT2D eigenvalue weighted by Gasteiger charge is -2.06. The number of hydrogen-bond donors (Lipinski definition) is 0. The Labute approximate surface area is 129 Å². The van der Waals surface area contributed by atoms with E-state index in [0.717, 1.165) is 11.1 Å². The molecule has 0 radical (unpaired) electrons. The maximum atomic E-state index is 11.7. The Hall–Kier alpha value is -2.43. The molecule has 0 fully saturated rings. The third-order valence-electron chi connectivity index (χ3n) is 2.88. The van der Waals surface area contributed by atoms with Crippen molar-refractivity contribution in [1.82, 2.24) is 0 Å². The highest BCUT2D eigenvalue weighted by atomic mass is 31.1. The summed E-state index contributed by atoms with van der Waals surface area (Å²) in [5.41, 5.74) is 2.76. The monoisotopic (exact) mass is 312 g/mol. The summed E-state index contributed by atoms with van der Waals surface area (Å²) in [6, 6.07) is 17.7. The van der Waals surface area contributed by atoms with E-state index >= 15 is 0 Å². The number of nitriles is 2. The van der Waals surface area contributed by atoms with Gasteiger partial charge in [0, 0.05) is 0 Å². The number of hydrogen-bond acceptors (Lipinski definition) is 5. The lowest BCUT2D eigenvalue weighted by atomic mass is 10.2. The Kier molecular flexibility index (Phi) is 5.89. The molecule has 0 aliphatic heterocycles. The molecule has 0 aliphatic rings. The van der Waals surface area contributed by atoms with Crippen LogP contribution in [0.5, 0.6) is 0 Å². The summed E-state index contributed by atoms with van der Waals surface area (Å²) in [6.45, 7) is 0.327. The molecule has 2 aromatic rings. The first-order chi connectivity index (χ1) is 10.7. The zero-order valence-corrected chi connectivity index (χ0v) is 12.7. The lowest BCUT2D eigenvalue weighted by molar-refractivity contribution is 0.213. The van der Waals surface area contributed by atoms with E-state index in [9.17, 15) is 4.57 Å². The van der Waals surface area contributed by atoms with Crippen LogP contribution in [0.3, 0.4) is 0 Å². The average Bonchev–Trinajstić information content (AvgIpc) is 2.59. The van der Waals surface area contributed by atoms with Crippen LogP contribution in [0.1, 0.15) is 22.3 Å². The fourth-order valence-corrected chi connectivity index (χ4v) is 2.33. The molecule has 0 saturated carbocycles. The zero-order chi connectivity index (χ0) is 15.8. The maximum Gasteiger partial charge on any atom is 0.319 e. The van der Waals surface area contributed by atoms with Crippen molar-refractivity contribution in [2.24, 2.45) is 0 Å². The van der Waals surface area contributed by atoms with Gasteiger partial charge >= 0.3 is 8.25 Å². The molecule has 0 amide bonds. The summed E-state index contributed by atoms with van der Waals surface area (Å²) in [6.07, 6.45) is 0. The summed E-state index contributed by atoms with van der Waals surface area (Å²) in [4.78, 5) is 0. The quantitative estimate of drug-likeness (QED) is 0.762. The number of nitrogens with zero attached hydrogens (tertiary/aromatic N) is 2. The maximum absolute atomic E-state index is 11.7. The predicted molar refractivity (Wildman–Crippen MR) is 80.9 cm³/mol. The largest absolute Gasteiger partial charge is 0.319 e. The van der Waals surface area contributed by atoms with Crippen molar-refractivity contribution in [2.45, 2.75) is 13.2 Å². The van der Waals surface area contributed by atoms with Gasteiger partial charge < -0.3 is 9.05 Å². The molecule has 0 saturated heterocycles. The highest BCUT2D eigenvalue weighted by Crippen LogP contribution is 2.27. The summed E-state index contributed by atoms with van der Waals surface area (Å²) in [7, 11) is -2.60. The van der Waals surface area contributed by atoms with Crippen molar-refractivity contribution in [2.75, 3.05) is 0 Å². The van der Waals surface area contributed by atoms with Gasteiger partial charge in [0.2, 0.25) is 0 Å². The smallest absolute Gasteiger partial charge is 0.306 e. The molecule has 110 valence electrons. The van der Waals surface area contributed by atoms with Crippen LogP contribution >= 0.6 is 8.25 Å². The van der Waals surface area contributed by atoms with E-state index < -0.39 is 8.25 Å². The highest BCUT2D eigenvalue weighted by Gasteiger charge is 2.03. The van der Waals surface area contributed by atoms with Crippen molar-refractivity contribution in [3.63, 3.8) is 0 Å². The van der Waals surface area contributed by atoms with E-state index in [1.54, 1.807) is 48.5 Å². The van der Waals surface area contributed by atoms with Gasteiger partial charge in [-0.1, -0.05) is 24.3 Å². The van der Waals surface area contributed by atoms with E-state index in [4.69, 9.17) is 19.6 Å². The highest BCUT2D eigenvalue weighted by molar-refractivity contribution is 7.33. The Bertz CT molecular complexity index is 664. The third kappa shape index (κ3) is 4.84. The first-order valence-electron chi connectivity index (χ1n) is 6.49. The van der Waals surface area contributed by atoms with E-state index in [-0.39, 0.29) is 13.2 Å². The van der Waals surface area contributed by atoms with Crippen LogP contribution in [0.25, 0.3) is 0 Å². The summed E-state index contributed by atoms with van der Waals surface area (Å²) < 4.78 is 22.0. The van der Waals surface area contributed by atoms with Gasteiger partial charge in [-0.25, -0.2) is 0 Å².